The predicted octanol–water partition coefficient (Wildman–Crippen LogP) is 2.96. The summed E-state index contributed by atoms with van der Waals surface area (Å²) in [6.45, 7) is 5.84. The first kappa shape index (κ1) is 13.5. The van der Waals surface area contributed by atoms with Crippen LogP contribution in [0.5, 0.6) is 5.75 Å². The van der Waals surface area contributed by atoms with Gasteiger partial charge in [-0.3, -0.25) is 4.79 Å². The van der Waals surface area contributed by atoms with Gasteiger partial charge < -0.3 is 10.4 Å². The molecular weight excluding hydrogens is 260 g/mol. The fourth-order valence-corrected chi connectivity index (χ4v) is 2.84. The van der Waals surface area contributed by atoms with Crippen LogP contribution in [-0.4, -0.2) is 16.0 Å². The maximum absolute atomic E-state index is 12.0. The number of phenols is 1. The number of carbonyl (C=O) groups is 1. The second kappa shape index (κ2) is 5.40. The molecule has 0 fully saturated rings. The topological polar surface area (TPSA) is 62.2 Å². The van der Waals surface area contributed by atoms with E-state index in [1.165, 1.54) is 12.1 Å². The summed E-state index contributed by atoms with van der Waals surface area (Å²) in [5.74, 6) is -0.00326. The molecular formula is C14H16N2O2S. The number of rotatable bonds is 3. The molecule has 1 amide bonds. The Bertz CT molecular complexity index is 590. The van der Waals surface area contributed by atoms with Gasteiger partial charge in [-0.1, -0.05) is 0 Å². The van der Waals surface area contributed by atoms with Crippen LogP contribution in [0.3, 0.4) is 0 Å². The van der Waals surface area contributed by atoms with Crippen molar-refractivity contribution in [2.45, 2.75) is 26.8 Å². The number of hydrogen-bond donors (Lipinski definition) is 2. The highest BCUT2D eigenvalue weighted by Crippen LogP contribution is 2.24. The van der Waals surface area contributed by atoms with Gasteiger partial charge in [0.1, 0.15) is 5.75 Å². The minimum absolute atomic E-state index is 0.0764. The van der Waals surface area contributed by atoms with Crippen LogP contribution in [0.1, 0.15) is 38.9 Å². The Morgan fingerprint density at radius 3 is 2.47 bits per heavy atom. The summed E-state index contributed by atoms with van der Waals surface area (Å²) in [5, 5.41) is 13.1. The van der Waals surface area contributed by atoms with Gasteiger partial charge in [-0.15, -0.1) is 11.3 Å². The number of phenolic OH excluding ortho intramolecular Hbond substituents is 1. The average molecular weight is 276 g/mol. The maximum Gasteiger partial charge on any atom is 0.251 e. The number of amides is 1. The standard InChI is InChI=1S/C14H16N2O2S/c1-8-13(19-10(3)15-8)9(2)16-14(18)11-4-6-12(17)7-5-11/h4-7,9,17H,1-3H3,(H,16,18). The molecule has 0 aliphatic rings. The summed E-state index contributed by atoms with van der Waals surface area (Å²) >= 11 is 1.60. The highest BCUT2D eigenvalue weighted by atomic mass is 32.1. The number of nitrogens with zero attached hydrogens (tertiary/aromatic N) is 1. The van der Waals surface area contributed by atoms with Crippen molar-refractivity contribution in [1.29, 1.82) is 0 Å². The molecule has 2 N–H and O–H groups in total. The van der Waals surface area contributed by atoms with Gasteiger partial charge in [-0.2, -0.15) is 0 Å². The monoisotopic (exact) mass is 276 g/mol. The number of thiazole rings is 1. The van der Waals surface area contributed by atoms with E-state index >= 15 is 0 Å². The lowest BCUT2D eigenvalue weighted by atomic mass is 10.1. The molecule has 100 valence electrons. The van der Waals surface area contributed by atoms with Crippen LogP contribution in [0, 0.1) is 13.8 Å². The largest absolute Gasteiger partial charge is 0.508 e. The van der Waals surface area contributed by atoms with Crippen molar-refractivity contribution in [3.8, 4) is 5.75 Å². The quantitative estimate of drug-likeness (QED) is 0.906. The van der Waals surface area contributed by atoms with E-state index in [0.717, 1.165) is 15.6 Å². The van der Waals surface area contributed by atoms with Crippen LogP contribution in [0.4, 0.5) is 0 Å². The predicted molar refractivity (Wildman–Crippen MR) is 75.6 cm³/mol. The number of benzene rings is 1. The van der Waals surface area contributed by atoms with Gasteiger partial charge in [0.15, 0.2) is 0 Å². The molecule has 1 aromatic carbocycles. The van der Waals surface area contributed by atoms with E-state index in [-0.39, 0.29) is 17.7 Å². The molecule has 1 aromatic heterocycles. The van der Waals surface area contributed by atoms with Gasteiger partial charge in [-0.25, -0.2) is 4.98 Å². The SMILES string of the molecule is Cc1nc(C)c(C(C)NC(=O)c2ccc(O)cc2)s1. The molecule has 0 bridgehead atoms. The van der Waals surface area contributed by atoms with E-state index in [9.17, 15) is 9.90 Å². The molecule has 1 atom stereocenters. The first-order valence-corrected chi connectivity index (χ1v) is 6.83. The highest BCUT2D eigenvalue weighted by Gasteiger charge is 2.16. The van der Waals surface area contributed by atoms with Crippen molar-refractivity contribution in [3.05, 3.63) is 45.4 Å². The highest BCUT2D eigenvalue weighted by molar-refractivity contribution is 7.11. The van der Waals surface area contributed by atoms with Crippen molar-refractivity contribution in [2.75, 3.05) is 0 Å². The summed E-state index contributed by atoms with van der Waals surface area (Å²) < 4.78 is 0. The molecule has 0 saturated carbocycles. The van der Waals surface area contributed by atoms with Crippen LogP contribution in [0.2, 0.25) is 0 Å². The van der Waals surface area contributed by atoms with Crippen molar-refractivity contribution in [2.24, 2.45) is 0 Å². The fourth-order valence-electron chi connectivity index (χ4n) is 1.91. The lowest BCUT2D eigenvalue weighted by Gasteiger charge is -2.13. The lowest BCUT2D eigenvalue weighted by Crippen LogP contribution is -2.26. The zero-order valence-corrected chi connectivity index (χ0v) is 11.9. The summed E-state index contributed by atoms with van der Waals surface area (Å²) in [4.78, 5) is 17.5. The Morgan fingerprint density at radius 1 is 1.32 bits per heavy atom. The van der Waals surface area contributed by atoms with E-state index in [1.807, 2.05) is 20.8 Å². The third kappa shape index (κ3) is 3.12. The van der Waals surface area contributed by atoms with Crippen LogP contribution in [-0.2, 0) is 0 Å². The second-order valence-corrected chi connectivity index (χ2v) is 5.66. The van der Waals surface area contributed by atoms with Crippen molar-refractivity contribution in [1.82, 2.24) is 10.3 Å². The maximum atomic E-state index is 12.0. The zero-order chi connectivity index (χ0) is 14.0. The van der Waals surface area contributed by atoms with Crippen LogP contribution in [0.15, 0.2) is 24.3 Å². The van der Waals surface area contributed by atoms with E-state index in [4.69, 9.17) is 0 Å². The van der Waals surface area contributed by atoms with E-state index in [2.05, 4.69) is 10.3 Å². The van der Waals surface area contributed by atoms with E-state index < -0.39 is 0 Å². The van der Waals surface area contributed by atoms with Gasteiger partial charge >= 0.3 is 0 Å². The molecule has 0 radical (unpaired) electrons. The summed E-state index contributed by atoms with van der Waals surface area (Å²) in [6.07, 6.45) is 0. The Morgan fingerprint density at radius 2 is 1.95 bits per heavy atom. The Hall–Kier alpha value is -1.88. The third-order valence-electron chi connectivity index (χ3n) is 2.81. The Balaban J connectivity index is 2.10. The first-order valence-electron chi connectivity index (χ1n) is 6.01. The normalized spacial score (nSPS) is 12.2. The van der Waals surface area contributed by atoms with E-state index in [1.54, 1.807) is 23.5 Å². The molecule has 0 saturated heterocycles. The van der Waals surface area contributed by atoms with Crippen LogP contribution >= 0.6 is 11.3 Å². The molecule has 5 heteroatoms. The van der Waals surface area contributed by atoms with Gasteiger partial charge in [0, 0.05) is 10.4 Å². The summed E-state index contributed by atoms with van der Waals surface area (Å²) in [6, 6.07) is 6.13. The van der Waals surface area contributed by atoms with Crippen molar-refractivity contribution in [3.63, 3.8) is 0 Å². The van der Waals surface area contributed by atoms with Crippen molar-refractivity contribution < 1.29 is 9.90 Å². The van der Waals surface area contributed by atoms with Crippen molar-refractivity contribution >= 4 is 17.2 Å². The van der Waals surface area contributed by atoms with Gasteiger partial charge in [0.25, 0.3) is 5.91 Å². The Kier molecular flexibility index (Phi) is 3.85. The minimum atomic E-state index is -0.155. The Labute approximate surface area is 116 Å². The number of aromatic nitrogens is 1. The van der Waals surface area contributed by atoms with E-state index in [0.29, 0.717) is 5.56 Å². The fraction of sp³-hybridized carbons (Fsp3) is 0.286. The molecule has 19 heavy (non-hydrogen) atoms. The molecule has 1 unspecified atom stereocenters. The molecule has 2 rings (SSSR count). The minimum Gasteiger partial charge on any atom is -0.508 e. The van der Waals surface area contributed by atoms with Crippen LogP contribution < -0.4 is 5.32 Å². The molecule has 1 heterocycles. The lowest BCUT2D eigenvalue weighted by molar-refractivity contribution is 0.0940. The second-order valence-electron chi connectivity index (χ2n) is 4.42. The summed E-state index contributed by atoms with van der Waals surface area (Å²) in [5.41, 5.74) is 1.49. The number of carbonyl (C=O) groups excluding carboxylic acids is 1. The molecule has 0 spiro atoms. The molecule has 4 nitrogen and oxygen atoms in total. The number of aromatic hydroxyl groups is 1. The average Bonchev–Trinajstić information content (AvgIpc) is 2.69. The smallest absolute Gasteiger partial charge is 0.251 e. The number of nitrogens with one attached hydrogen (secondary N) is 1. The number of aryl methyl sites for hydroxylation is 2. The first-order chi connectivity index (χ1) is 8.97. The third-order valence-corrected chi connectivity index (χ3v) is 4.07. The molecule has 2 aromatic rings. The van der Waals surface area contributed by atoms with Gasteiger partial charge in [-0.05, 0) is 45.0 Å². The molecule has 0 aliphatic heterocycles. The number of hydrogen-bond acceptors (Lipinski definition) is 4. The van der Waals surface area contributed by atoms with Gasteiger partial charge in [0.2, 0.25) is 0 Å². The molecule has 0 aliphatic carbocycles. The summed E-state index contributed by atoms with van der Waals surface area (Å²) in [7, 11) is 0. The van der Waals surface area contributed by atoms with Crippen LogP contribution in [0.25, 0.3) is 0 Å². The van der Waals surface area contributed by atoms with Gasteiger partial charge in [0.05, 0.1) is 16.7 Å². The zero-order valence-electron chi connectivity index (χ0n) is 11.1.